The van der Waals surface area contributed by atoms with E-state index in [9.17, 15) is 9.59 Å². The van der Waals surface area contributed by atoms with E-state index in [1.54, 1.807) is 43.5 Å². The number of amides is 1. The summed E-state index contributed by atoms with van der Waals surface area (Å²) in [5.41, 5.74) is 1.82. The fraction of sp³-hybridized carbons (Fsp3) is 0.200. The first-order chi connectivity index (χ1) is 17.3. The molecule has 0 aliphatic heterocycles. The predicted octanol–water partition coefficient (Wildman–Crippen LogP) is 4.50. The Hall–Kier alpha value is -4.15. The molecule has 1 amide bonds. The maximum Gasteiger partial charge on any atom is 0.247 e. The van der Waals surface area contributed by atoms with Crippen molar-refractivity contribution in [2.45, 2.75) is 0 Å². The average molecular weight is 511 g/mol. The number of likely N-dealkylation sites (N-methyl/N-ethyl adjacent to an activating group) is 1. The molecule has 36 heavy (non-hydrogen) atoms. The third-order valence-electron chi connectivity index (χ3n) is 4.87. The quantitative estimate of drug-likeness (QED) is 0.239. The first-order valence-electron chi connectivity index (χ1n) is 10.9. The second kappa shape index (κ2) is 12.5. The summed E-state index contributed by atoms with van der Waals surface area (Å²) in [6.07, 6.45) is 3.22. The van der Waals surface area contributed by atoms with Crippen LogP contribution in [-0.2, 0) is 4.79 Å². The van der Waals surface area contributed by atoms with Crippen LogP contribution in [0, 0.1) is 0 Å². The summed E-state index contributed by atoms with van der Waals surface area (Å²) in [4.78, 5) is 34.3. The van der Waals surface area contributed by atoms with Crippen molar-refractivity contribution in [3.8, 4) is 11.5 Å². The third kappa shape index (κ3) is 7.17. The number of hydrogen-bond donors (Lipinski definition) is 3. The van der Waals surface area contributed by atoms with E-state index in [4.69, 9.17) is 21.1 Å². The number of anilines is 5. The highest BCUT2D eigenvalue weighted by Crippen LogP contribution is 2.33. The monoisotopic (exact) mass is 510 g/mol. The number of ether oxygens (including phenoxy) is 2. The van der Waals surface area contributed by atoms with E-state index in [0.29, 0.717) is 70.2 Å². The number of halogens is 1. The summed E-state index contributed by atoms with van der Waals surface area (Å²) < 4.78 is 11.0. The molecule has 1 aromatic heterocycles. The van der Waals surface area contributed by atoms with Gasteiger partial charge < -0.3 is 30.3 Å². The third-order valence-corrected chi connectivity index (χ3v) is 5.17. The topological polar surface area (TPSA) is 118 Å². The molecular weight excluding hydrogens is 484 g/mol. The predicted molar refractivity (Wildman–Crippen MR) is 141 cm³/mol. The van der Waals surface area contributed by atoms with E-state index in [-0.39, 0.29) is 0 Å². The normalized spacial score (nSPS) is 10.5. The van der Waals surface area contributed by atoms with Crippen molar-refractivity contribution in [2.24, 2.45) is 0 Å². The Kier molecular flexibility index (Phi) is 9.20. The zero-order valence-corrected chi connectivity index (χ0v) is 20.9. The molecule has 0 saturated carbocycles. The molecule has 188 valence electrons. The first-order valence-corrected chi connectivity index (χ1v) is 11.2. The smallest absolute Gasteiger partial charge is 0.247 e. The summed E-state index contributed by atoms with van der Waals surface area (Å²) in [5, 5.41) is 9.41. The number of rotatable bonds is 12. The van der Waals surface area contributed by atoms with E-state index in [1.165, 1.54) is 6.33 Å². The summed E-state index contributed by atoms with van der Waals surface area (Å²) in [6, 6.07) is 10.1. The number of nitrogens with one attached hydrogen (secondary N) is 3. The van der Waals surface area contributed by atoms with Gasteiger partial charge in [0.05, 0.1) is 23.5 Å². The highest BCUT2D eigenvalue weighted by atomic mass is 35.5. The Bertz CT molecular complexity index is 1250. The van der Waals surface area contributed by atoms with Crippen LogP contribution in [0.3, 0.4) is 0 Å². The van der Waals surface area contributed by atoms with Crippen molar-refractivity contribution in [3.05, 3.63) is 66.0 Å². The van der Waals surface area contributed by atoms with E-state index >= 15 is 0 Å². The number of nitrogens with zero attached hydrogens (tertiary/aromatic N) is 3. The minimum atomic E-state index is -0.413. The number of aldehydes is 1. The lowest BCUT2D eigenvalue weighted by Gasteiger charge is -2.17. The Labute approximate surface area is 214 Å². The maximum atomic E-state index is 12.0. The van der Waals surface area contributed by atoms with Crippen molar-refractivity contribution < 1.29 is 19.1 Å². The van der Waals surface area contributed by atoms with Crippen molar-refractivity contribution in [1.82, 2.24) is 14.9 Å². The van der Waals surface area contributed by atoms with Crippen molar-refractivity contribution in [2.75, 3.05) is 50.3 Å². The molecule has 0 saturated heterocycles. The van der Waals surface area contributed by atoms with Gasteiger partial charge in [-0.15, -0.1) is 0 Å². The van der Waals surface area contributed by atoms with Gasteiger partial charge in [-0.1, -0.05) is 18.2 Å². The van der Waals surface area contributed by atoms with Gasteiger partial charge in [-0.05, 0) is 50.5 Å². The molecule has 0 bridgehead atoms. The summed E-state index contributed by atoms with van der Waals surface area (Å²) in [7, 11) is 5.38. The van der Waals surface area contributed by atoms with Gasteiger partial charge in [0.15, 0.2) is 6.29 Å². The van der Waals surface area contributed by atoms with Gasteiger partial charge >= 0.3 is 0 Å². The Balaban J connectivity index is 1.86. The van der Waals surface area contributed by atoms with Gasteiger partial charge in [0.25, 0.3) is 0 Å². The number of aromatic nitrogens is 2. The standard InChI is InChI=1S/C25H27ClN6O4/c1-5-25(34)31-20-12-19(16(14-33)10-22(20)36-9-8-32(2)3)30-24-13-23(27-15-28-24)29-17-6-7-21(35-4)18(26)11-17/h5-7,10-15H,1,8-9H2,2-4H3,(H,31,34)(H2,27,28,29,30). The van der Waals surface area contributed by atoms with Crippen LogP contribution in [0.15, 0.2) is 55.4 Å². The van der Waals surface area contributed by atoms with Gasteiger partial charge in [0, 0.05) is 23.9 Å². The number of methoxy groups -OCH3 is 1. The van der Waals surface area contributed by atoms with Crippen LogP contribution in [0.1, 0.15) is 10.4 Å². The molecule has 0 spiro atoms. The molecule has 0 unspecified atom stereocenters. The molecule has 0 fully saturated rings. The summed E-state index contributed by atoms with van der Waals surface area (Å²) >= 11 is 6.20. The second-order valence-electron chi connectivity index (χ2n) is 7.79. The fourth-order valence-corrected chi connectivity index (χ4v) is 3.32. The van der Waals surface area contributed by atoms with Gasteiger partial charge in [-0.2, -0.15) is 0 Å². The molecule has 2 aromatic carbocycles. The van der Waals surface area contributed by atoms with Crippen molar-refractivity contribution in [3.63, 3.8) is 0 Å². The zero-order chi connectivity index (χ0) is 26.1. The van der Waals surface area contributed by atoms with E-state index in [1.807, 2.05) is 19.0 Å². The van der Waals surface area contributed by atoms with Gasteiger partial charge in [-0.25, -0.2) is 9.97 Å². The van der Waals surface area contributed by atoms with Crippen LogP contribution in [-0.4, -0.2) is 61.4 Å². The molecule has 1 heterocycles. The molecule has 0 aliphatic rings. The van der Waals surface area contributed by atoms with Crippen molar-refractivity contribution in [1.29, 1.82) is 0 Å². The fourth-order valence-electron chi connectivity index (χ4n) is 3.06. The Morgan fingerprint density at radius 3 is 2.47 bits per heavy atom. The molecule has 3 aromatic rings. The van der Waals surface area contributed by atoms with Gasteiger partial charge in [0.1, 0.15) is 36.1 Å². The van der Waals surface area contributed by atoms with E-state index < -0.39 is 5.91 Å². The minimum Gasteiger partial charge on any atom is -0.495 e. The molecular formula is C25H27ClN6O4. The van der Waals surface area contributed by atoms with Crippen LogP contribution in [0.2, 0.25) is 5.02 Å². The number of carbonyl (C=O) groups is 2. The highest BCUT2D eigenvalue weighted by Gasteiger charge is 2.14. The van der Waals surface area contributed by atoms with E-state index in [0.717, 1.165) is 6.08 Å². The van der Waals surface area contributed by atoms with Crippen LogP contribution >= 0.6 is 11.6 Å². The molecule has 0 radical (unpaired) electrons. The average Bonchev–Trinajstić information content (AvgIpc) is 2.85. The molecule has 3 N–H and O–H groups in total. The Morgan fingerprint density at radius 2 is 1.83 bits per heavy atom. The van der Waals surface area contributed by atoms with Crippen LogP contribution in [0.4, 0.5) is 28.7 Å². The number of benzene rings is 2. The van der Waals surface area contributed by atoms with Crippen molar-refractivity contribution >= 4 is 52.5 Å². The molecule has 0 atom stereocenters. The minimum absolute atomic E-state index is 0.321. The van der Waals surface area contributed by atoms with Crippen LogP contribution in [0.5, 0.6) is 11.5 Å². The second-order valence-corrected chi connectivity index (χ2v) is 8.19. The number of hydrogen-bond acceptors (Lipinski definition) is 9. The van der Waals surface area contributed by atoms with Gasteiger partial charge in [-0.3, -0.25) is 9.59 Å². The molecule has 3 rings (SSSR count). The molecule has 10 nitrogen and oxygen atoms in total. The summed E-state index contributed by atoms with van der Waals surface area (Å²) in [5.74, 6) is 1.41. The lowest BCUT2D eigenvalue weighted by atomic mass is 10.1. The SMILES string of the molecule is C=CC(=O)Nc1cc(Nc2cc(Nc3ccc(OC)c(Cl)c3)ncn2)c(C=O)cc1OCCN(C)C. The lowest BCUT2D eigenvalue weighted by Crippen LogP contribution is -2.20. The van der Waals surface area contributed by atoms with Crippen LogP contribution in [0.25, 0.3) is 0 Å². The zero-order valence-electron chi connectivity index (χ0n) is 20.2. The molecule has 11 heteroatoms. The maximum absolute atomic E-state index is 12.0. The largest absolute Gasteiger partial charge is 0.495 e. The van der Waals surface area contributed by atoms with E-state index in [2.05, 4.69) is 32.5 Å². The molecule has 0 aliphatic carbocycles. The van der Waals surface area contributed by atoms with Crippen LogP contribution < -0.4 is 25.4 Å². The lowest BCUT2D eigenvalue weighted by molar-refractivity contribution is -0.111. The number of carbonyl (C=O) groups excluding carboxylic acids is 2. The first kappa shape index (κ1) is 26.5. The van der Waals surface area contributed by atoms with Gasteiger partial charge in [0.2, 0.25) is 5.91 Å². The summed E-state index contributed by atoms with van der Waals surface area (Å²) in [6.45, 7) is 4.50. The highest BCUT2D eigenvalue weighted by molar-refractivity contribution is 6.32. The Morgan fingerprint density at radius 1 is 1.08 bits per heavy atom.